The zero-order chi connectivity index (χ0) is 32.6. The lowest BCUT2D eigenvalue weighted by atomic mass is 9.94. The van der Waals surface area contributed by atoms with Gasteiger partial charge in [-0.15, -0.1) is 0 Å². The van der Waals surface area contributed by atoms with Gasteiger partial charge in [-0.1, -0.05) is 78.9 Å². The van der Waals surface area contributed by atoms with Crippen LogP contribution in [0.3, 0.4) is 0 Å². The molecule has 2 amide bonds. The number of anilines is 1. The highest BCUT2D eigenvalue weighted by atomic mass is 35.5. The number of benzene rings is 3. The summed E-state index contributed by atoms with van der Waals surface area (Å²) in [5, 5.41) is 3.93. The molecule has 3 aromatic carbocycles. The van der Waals surface area contributed by atoms with Gasteiger partial charge in [-0.3, -0.25) is 13.9 Å². The quantitative estimate of drug-likeness (QED) is 0.243. The average Bonchev–Trinajstić information content (AvgIpc) is 3.02. The number of hydrogen-bond acceptors (Lipinski definition) is 6. The summed E-state index contributed by atoms with van der Waals surface area (Å²) >= 11 is 12.7. The lowest BCUT2D eigenvalue weighted by Gasteiger charge is -2.35. The largest absolute Gasteiger partial charge is 0.493 e. The second kappa shape index (κ2) is 15.7. The second-order valence-electron chi connectivity index (χ2n) is 11.1. The molecule has 9 nitrogen and oxygen atoms in total. The SMILES string of the molecule is COc1ccc(N(CC(=O)N(Cc2ccc(Cl)cc2Cl)C(Cc2ccccc2)C(=O)NC2CCCCC2)S(C)(=O)=O)cc1OC. The maximum atomic E-state index is 14.4. The molecule has 0 aromatic heterocycles. The monoisotopic (exact) mass is 675 g/mol. The number of ether oxygens (including phenoxy) is 2. The average molecular weight is 677 g/mol. The molecule has 1 N–H and O–H groups in total. The van der Waals surface area contributed by atoms with E-state index in [1.807, 2.05) is 30.3 Å². The van der Waals surface area contributed by atoms with Crippen molar-refractivity contribution in [2.75, 3.05) is 31.3 Å². The zero-order valence-electron chi connectivity index (χ0n) is 25.7. The molecule has 45 heavy (non-hydrogen) atoms. The molecule has 1 fully saturated rings. The van der Waals surface area contributed by atoms with Gasteiger partial charge in [-0.25, -0.2) is 8.42 Å². The summed E-state index contributed by atoms with van der Waals surface area (Å²) in [6.07, 6.45) is 6.12. The Hall–Kier alpha value is -3.47. The van der Waals surface area contributed by atoms with Gasteiger partial charge in [0.25, 0.3) is 0 Å². The fourth-order valence-corrected chi connectivity index (χ4v) is 6.84. The molecule has 1 aliphatic carbocycles. The van der Waals surface area contributed by atoms with Crippen LogP contribution in [0.2, 0.25) is 10.0 Å². The summed E-state index contributed by atoms with van der Waals surface area (Å²) in [6.45, 7) is -0.616. The third-order valence-corrected chi connectivity index (χ3v) is 9.64. The topological polar surface area (TPSA) is 105 Å². The van der Waals surface area contributed by atoms with E-state index in [1.165, 1.54) is 31.3 Å². The smallest absolute Gasteiger partial charge is 0.244 e. The maximum Gasteiger partial charge on any atom is 0.244 e. The van der Waals surface area contributed by atoms with Crippen LogP contribution in [-0.2, 0) is 32.6 Å². The Morgan fingerprint density at radius 1 is 0.933 bits per heavy atom. The van der Waals surface area contributed by atoms with Gasteiger partial charge in [0.05, 0.1) is 26.2 Å². The van der Waals surface area contributed by atoms with Gasteiger partial charge in [0.2, 0.25) is 21.8 Å². The third kappa shape index (κ3) is 9.28. The number of amides is 2. The third-order valence-electron chi connectivity index (χ3n) is 7.91. The molecule has 242 valence electrons. The number of hydrogen-bond donors (Lipinski definition) is 1. The van der Waals surface area contributed by atoms with Crippen molar-refractivity contribution in [1.82, 2.24) is 10.2 Å². The summed E-state index contributed by atoms with van der Waals surface area (Å²) in [7, 11) is -1.05. The van der Waals surface area contributed by atoms with E-state index in [0.29, 0.717) is 27.1 Å². The molecule has 0 saturated heterocycles. The zero-order valence-corrected chi connectivity index (χ0v) is 28.0. The molecule has 0 radical (unpaired) electrons. The highest BCUT2D eigenvalue weighted by molar-refractivity contribution is 7.92. The first-order valence-electron chi connectivity index (χ1n) is 14.8. The van der Waals surface area contributed by atoms with Crippen molar-refractivity contribution in [3.8, 4) is 11.5 Å². The number of sulfonamides is 1. The Morgan fingerprint density at radius 2 is 1.62 bits per heavy atom. The van der Waals surface area contributed by atoms with E-state index in [1.54, 1.807) is 24.3 Å². The van der Waals surface area contributed by atoms with Crippen LogP contribution in [0.25, 0.3) is 0 Å². The normalized spacial score (nSPS) is 14.3. The molecule has 4 rings (SSSR count). The lowest BCUT2D eigenvalue weighted by molar-refractivity contribution is -0.140. The van der Waals surface area contributed by atoms with Gasteiger partial charge in [-0.05, 0) is 48.2 Å². The Morgan fingerprint density at radius 3 is 2.24 bits per heavy atom. The van der Waals surface area contributed by atoms with Gasteiger partial charge >= 0.3 is 0 Å². The van der Waals surface area contributed by atoms with Gasteiger partial charge < -0.3 is 19.7 Å². The molecule has 0 heterocycles. The molecule has 3 aromatic rings. The molecule has 1 atom stereocenters. The molecule has 0 aliphatic heterocycles. The fraction of sp³-hybridized carbons (Fsp3) is 0.394. The summed E-state index contributed by atoms with van der Waals surface area (Å²) in [5.41, 5.74) is 1.62. The van der Waals surface area contributed by atoms with Crippen molar-refractivity contribution >= 4 is 50.7 Å². The van der Waals surface area contributed by atoms with Crippen LogP contribution in [-0.4, -0.2) is 64.2 Å². The van der Waals surface area contributed by atoms with Crippen molar-refractivity contribution in [1.29, 1.82) is 0 Å². The molecule has 1 saturated carbocycles. The number of carbonyl (C=O) groups is 2. The van der Waals surface area contributed by atoms with Crippen LogP contribution in [0.4, 0.5) is 5.69 Å². The van der Waals surface area contributed by atoms with Crippen LogP contribution < -0.4 is 19.1 Å². The van der Waals surface area contributed by atoms with Gasteiger partial charge in [0.15, 0.2) is 11.5 Å². The number of rotatable bonds is 13. The summed E-state index contributed by atoms with van der Waals surface area (Å²) in [6, 6.07) is 18.0. The van der Waals surface area contributed by atoms with Crippen LogP contribution in [0.5, 0.6) is 11.5 Å². The molecule has 0 spiro atoms. The van der Waals surface area contributed by atoms with E-state index >= 15 is 0 Å². The minimum atomic E-state index is -3.96. The van der Waals surface area contributed by atoms with E-state index in [9.17, 15) is 18.0 Å². The predicted molar refractivity (Wildman–Crippen MR) is 178 cm³/mol. The first-order chi connectivity index (χ1) is 21.5. The maximum absolute atomic E-state index is 14.4. The highest BCUT2D eigenvalue weighted by Crippen LogP contribution is 2.33. The van der Waals surface area contributed by atoms with Crippen LogP contribution in [0, 0.1) is 0 Å². The van der Waals surface area contributed by atoms with E-state index in [4.69, 9.17) is 32.7 Å². The number of methoxy groups -OCH3 is 2. The molecular formula is C33H39Cl2N3O6S. The lowest BCUT2D eigenvalue weighted by Crippen LogP contribution is -2.55. The van der Waals surface area contributed by atoms with Crippen LogP contribution >= 0.6 is 23.2 Å². The first-order valence-corrected chi connectivity index (χ1v) is 17.4. The minimum absolute atomic E-state index is 0.000114. The number of halogens is 2. The highest BCUT2D eigenvalue weighted by Gasteiger charge is 2.34. The van der Waals surface area contributed by atoms with Crippen molar-refractivity contribution in [3.63, 3.8) is 0 Å². The Balaban J connectivity index is 1.76. The Kier molecular flexibility index (Phi) is 12.0. The summed E-state index contributed by atoms with van der Waals surface area (Å²) in [4.78, 5) is 29.9. The second-order valence-corrected chi connectivity index (χ2v) is 13.9. The van der Waals surface area contributed by atoms with E-state index in [-0.39, 0.29) is 30.6 Å². The number of nitrogens with one attached hydrogen (secondary N) is 1. The minimum Gasteiger partial charge on any atom is -0.493 e. The number of carbonyl (C=O) groups excluding carboxylic acids is 2. The van der Waals surface area contributed by atoms with Crippen LogP contribution in [0.1, 0.15) is 43.2 Å². The van der Waals surface area contributed by atoms with E-state index in [0.717, 1.165) is 48.2 Å². The van der Waals surface area contributed by atoms with Crippen LogP contribution in [0.15, 0.2) is 66.7 Å². The van der Waals surface area contributed by atoms with E-state index in [2.05, 4.69) is 5.32 Å². The van der Waals surface area contributed by atoms with Gasteiger partial charge in [-0.2, -0.15) is 0 Å². The fourth-order valence-electron chi connectivity index (χ4n) is 5.53. The van der Waals surface area contributed by atoms with Crippen molar-refractivity contribution in [2.24, 2.45) is 0 Å². The Bertz CT molecular complexity index is 1580. The van der Waals surface area contributed by atoms with Gasteiger partial charge in [0, 0.05) is 35.1 Å². The molecule has 0 bridgehead atoms. The van der Waals surface area contributed by atoms with Crippen molar-refractivity contribution in [2.45, 2.75) is 57.2 Å². The number of nitrogens with zero attached hydrogens (tertiary/aromatic N) is 2. The standard InChI is InChI=1S/C33H39Cl2N3O6S/c1-43-30-17-16-27(20-31(30)44-2)38(45(3,41)42)22-32(39)37(21-24-14-15-25(34)19-28(24)35)29(18-23-10-6-4-7-11-23)33(40)36-26-12-8-5-9-13-26/h4,6-7,10-11,14-17,19-20,26,29H,5,8-9,12-13,18,21-22H2,1-3H3,(H,36,40). The molecule has 1 unspecified atom stereocenters. The summed E-state index contributed by atoms with van der Waals surface area (Å²) in [5.74, 6) is -0.181. The molecular weight excluding hydrogens is 637 g/mol. The molecule has 1 aliphatic rings. The van der Waals surface area contributed by atoms with E-state index < -0.39 is 28.5 Å². The molecule has 12 heteroatoms. The summed E-state index contributed by atoms with van der Waals surface area (Å²) < 4.78 is 37.9. The first kappa shape index (κ1) is 34.4. The van der Waals surface area contributed by atoms with Crippen molar-refractivity contribution < 1.29 is 27.5 Å². The van der Waals surface area contributed by atoms with Crippen molar-refractivity contribution in [3.05, 3.63) is 87.9 Å². The predicted octanol–water partition coefficient (Wildman–Crippen LogP) is 5.87. The van der Waals surface area contributed by atoms with Gasteiger partial charge in [0.1, 0.15) is 12.6 Å². The Labute approximate surface area is 275 Å².